The summed E-state index contributed by atoms with van der Waals surface area (Å²) in [6.45, 7) is 7.24. The summed E-state index contributed by atoms with van der Waals surface area (Å²) in [6, 6.07) is 0. The molecule has 0 rings (SSSR count). The second-order valence-electron chi connectivity index (χ2n) is 5.26. The lowest BCUT2D eigenvalue weighted by atomic mass is 10.3. The largest absolute Gasteiger partial charge is 0.463 e. The first-order valence-corrected chi connectivity index (χ1v) is 7.90. The summed E-state index contributed by atoms with van der Waals surface area (Å²) >= 11 is 0. The smallest absolute Gasteiger partial charge is 0.314 e. The topological polar surface area (TPSA) is 96.0 Å². The van der Waals surface area contributed by atoms with Gasteiger partial charge in [-0.25, -0.2) is 0 Å². The fourth-order valence-electron chi connectivity index (χ4n) is 1.37. The zero-order valence-electron chi connectivity index (χ0n) is 14.3. The summed E-state index contributed by atoms with van der Waals surface area (Å²) in [5.74, 6) is -2.65. The minimum atomic E-state index is -0.814. The van der Waals surface area contributed by atoms with Gasteiger partial charge in [0.2, 0.25) is 0 Å². The Kier molecular flexibility index (Phi) is 10.7. The highest BCUT2D eigenvalue weighted by atomic mass is 16.6. The molecule has 0 aliphatic heterocycles. The molecule has 0 saturated heterocycles. The third-order valence-electron chi connectivity index (χ3n) is 3.11. The van der Waals surface area contributed by atoms with Crippen molar-refractivity contribution >= 4 is 23.9 Å². The van der Waals surface area contributed by atoms with Gasteiger partial charge >= 0.3 is 23.9 Å². The Morgan fingerprint density at radius 1 is 0.652 bits per heavy atom. The van der Waals surface area contributed by atoms with E-state index in [0.29, 0.717) is 12.8 Å². The predicted octanol–water partition coefficient (Wildman–Crippen LogP) is 2.30. The number of hydrogen-bond donors (Lipinski definition) is 0. The molecule has 7 heteroatoms. The Morgan fingerprint density at radius 2 is 0.957 bits per heavy atom. The third kappa shape index (κ3) is 11.3. The summed E-state index contributed by atoms with van der Waals surface area (Å²) in [7, 11) is 0. The van der Waals surface area contributed by atoms with Crippen molar-refractivity contribution in [1.29, 1.82) is 0 Å². The van der Waals surface area contributed by atoms with Crippen LogP contribution in [0, 0.1) is 0 Å². The molecule has 0 N–H and O–H groups in total. The second-order valence-corrected chi connectivity index (χ2v) is 5.26. The number of hydrogen-bond acceptors (Lipinski definition) is 7. The molecule has 2 atom stereocenters. The zero-order chi connectivity index (χ0) is 17.8. The first kappa shape index (κ1) is 21.1. The van der Waals surface area contributed by atoms with Gasteiger partial charge in [0, 0.05) is 0 Å². The van der Waals surface area contributed by atoms with Gasteiger partial charge in [0.1, 0.15) is 0 Å². The lowest BCUT2D eigenvalue weighted by Gasteiger charge is -2.10. The van der Waals surface area contributed by atoms with Crippen molar-refractivity contribution < 1.29 is 33.4 Å². The minimum absolute atomic E-state index is 0.146. The summed E-state index contributed by atoms with van der Waals surface area (Å²) in [5, 5.41) is 0. The molecule has 0 aliphatic rings. The van der Waals surface area contributed by atoms with E-state index in [1.54, 1.807) is 13.8 Å². The van der Waals surface area contributed by atoms with Crippen LogP contribution in [0.4, 0.5) is 0 Å². The van der Waals surface area contributed by atoms with E-state index in [2.05, 4.69) is 4.74 Å². The maximum Gasteiger partial charge on any atom is 0.314 e. The Hall–Kier alpha value is -1.92. The molecule has 0 bridgehead atoms. The van der Waals surface area contributed by atoms with E-state index in [4.69, 9.17) is 9.47 Å². The van der Waals surface area contributed by atoms with E-state index in [1.165, 1.54) is 0 Å². The van der Waals surface area contributed by atoms with Gasteiger partial charge in [0.05, 0.1) is 37.9 Å². The molecule has 0 amide bonds. The van der Waals surface area contributed by atoms with Crippen LogP contribution in [0.5, 0.6) is 0 Å². The summed E-state index contributed by atoms with van der Waals surface area (Å²) in [5.41, 5.74) is 0. The highest BCUT2D eigenvalue weighted by molar-refractivity contribution is 5.88. The maximum absolute atomic E-state index is 11.4. The monoisotopic (exact) mass is 330 g/mol. The molecule has 0 spiro atoms. The average molecular weight is 330 g/mol. The van der Waals surface area contributed by atoms with Crippen molar-refractivity contribution in [1.82, 2.24) is 0 Å². The van der Waals surface area contributed by atoms with E-state index in [0.717, 1.165) is 0 Å². The van der Waals surface area contributed by atoms with Gasteiger partial charge in [-0.05, 0) is 26.7 Å². The molecule has 7 nitrogen and oxygen atoms in total. The van der Waals surface area contributed by atoms with Crippen molar-refractivity contribution in [2.75, 3.05) is 0 Å². The van der Waals surface area contributed by atoms with Gasteiger partial charge in [-0.15, -0.1) is 0 Å². The highest BCUT2D eigenvalue weighted by Crippen LogP contribution is 2.05. The lowest BCUT2D eigenvalue weighted by molar-refractivity contribution is -0.163. The molecule has 0 aromatic heterocycles. The highest BCUT2D eigenvalue weighted by Gasteiger charge is 2.16. The molecule has 23 heavy (non-hydrogen) atoms. The summed E-state index contributed by atoms with van der Waals surface area (Å²) < 4.78 is 14.5. The van der Waals surface area contributed by atoms with Crippen LogP contribution < -0.4 is 0 Å². The van der Waals surface area contributed by atoms with Crippen LogP contribution in [-0.2, 0) is 33.4 Å². The van der Waals surface area contributed by atoms with Crippen molar-refractivity contribution in [2.24, 2.45) is 0 Å². The summed E-state index contributed by atoms with van der Waals surface area (Å²) in [6.07, 6.45) is 0.173. The maximum atomic E-state index is 11.4. The van der Waals surface area contributed by atoms with Gasteiger partial charge in [0.15, 0.2) is 0 Å². The SMILES string of the molecule is CCC(C)OC(=O)CCC(=O)OC(=O)CCC(=O)OC(C)CC. The Labute approximate surface area is 136 Å². The molecule has 0 aromatic rings. The molecular formula is C16H26O7. The minimum Gasteiger partial charge on any atom is -0.463 e. The van der Waals surface area contributed by atoms with Crippen LogP contribution in [-0.4, -0.2) is 36.1 Å². The van der Waals surface area contributed by atoms with Crippen LogP contribution in [0.2, 0.25) is 0 Å². The Bertz CT molecular complexity index is 379. The van der Waals surface area contributed by atoms with Crippen molar-refractivity contribution in [3.63, 3.8) is 0 Å². The van der Waals surface area contributed by atoms with E-state index in [1.807, 2.05) is 13.8 Å². The lowest BCUT2D eigenvalue weighted by Crippen LogP contribution is -2.19. The van der Waals surface area contributed by atoms with Crippen LogP contribution in [0.25, 0.3) is 0 Å². The van der Waals surface area contributed by atoms with Gasteiger partial charge in [0.25, 0.3) is 0 Å². The Morgan fingerprint density at radius 3 is 1.26 bits per heavy atom. The zero-order valence-corrected chi connectivity index (χ0v) is 14.3. The van der Waals surface area contributed by atoms with Crippen molar-refractivity contribution in [3.8, 4) is 0 Å². The number of rotatable bonds is 10. The molecule has 0 fully saturated rings. The molecule has 0 radical (unpaired) electrons. The van der Waals surface area contributed by atoms with Crippen molar-refractivity contribution in [2.45, 2.75) is 78.4 Å². The summed E-state index contributed by atoms with van der Waals surface area (Å²) in [4.78, 5) is 45.6. The first-order valence-electron chi connectivity index (χ1n) is 7.90. The molecule has 0 heterocycles. The van der Waals surface area contributed by atoms with Gasteiger partial charge in [-0.2, -0.15) is 0 Å². The molecule has 2 unspecified atom stereocenters. The normalized spacial score (nSPS) is 12.9. The van der Waals surface area contributed by atoms with E-state index < -0.39 is 23.9 Å². The van der Waals surface area contributed by atoms with Gasteiger partial charge < -0.3 is 14.2 Å². The molecule has 0 saturated carbocycles. The predicted molar refractivity (Wildman–Crippen MR) is 81.3 cm³/mol. The van der Waals surface area contributed by atoms with Gasteiger partial charge in [-0.3, -0.25) is 19.2 Å². The first-order chi connectivity index (χ1) is 10.8. The van der Waals surface area contributed by atoms with Gasteiger partial charge in [-0.1, -0.05) is 13.8 Å². The van der Waals surface area contributed by atoms with Crippen LogP contribution >= 0.6 is 0 Å². The van der Waals surface area contributed by atoms with Crippen LogP contribution in [0.15, 0.2) is 0 Å². The van der Waals surface area contributed by atoms with E-state index >= 15 is 0 Å². The number of carbonyl (C=O) groups excluding carboxylic acids is 4. The third-order valence-corrected chi connectivity index (χ3v) is 3.11. The second kappa shape index (κ2) is 11.6. The number of carbonyl (C=O) groups is 4. The average Bonchev–Trinajstić information content (AvgIpc) is 2.50. The fourth-order valence-corrected chi connectivity index (χ4v) is 1.37. The van der Waals surface area contributed by atoms with Crippen molar-refractivity contribution in [3.05, 3.63) is 0 Å². The molecule has 0 aliphatic carbocycles. The molecule has 132 valence electrons. The number of esters is 4. The van der Waals surface area contributed by atoms with E-state index in [9.17, 15) is 19.2 Å². The number of ether oxygens (including phenoxy) is 3. The standard InChI is InChI=1S/C16H26O7/c1-5-11(3)21-13(17)7-9-15(19)23-16(20)10-8-14(18)22-12(4)6-2/h11-12H,5-10H2,1-4H3. The van der Waals surface area contributed by atoms with E-state index in [-0.39, 0.29) is 37.9 Å². The van der Waals surface area contributed by atoms with Crippen LogP contribution in [0.3, 0.4) is 0 Å². The Balaban J connectivity index is 3.91. The van der Waals surface area contributed by atoms with Crippen LogP contribution in [0.1, 0.15) is 66.2 Å². The fraction of sp³-hybridized carbons (Fsp3) is 0.750. The quantitative estimate of drug-likeness (QED) is 0.344. The molecular weight excluding hydrogens is 304 g/mol. The molecule has 0 aromatic carbocycles.